The van der Waals surface area contributed by atoms with E-state index >= 15 is 0 Å². The Morgan fingerprint density at radius 3 is 1.27 bits per heavy atom. The predicted molar refractivity (Wildman–Crippen MR) is 369 cm³/mol. The summed E-state index contributed by atoms with van der Waals surface area (Å²) in [5, 5.41) is 125. The van der Waals surface area contributed by atoms with E-state index in [1.807, 2.05) is 0 Å². The monoisotopic (exact) mass is 1440 g/mol. The van der Waals surface area contributed by atoms with E-state index < -0.39 is 24.0 Å². The number of rotatable bonds is 5. The number of aromatic hydroxyl groups is 11. The molecule has 5 aliphatic heterocycles. The van der Waals surface area contributed by atoms with E-state index in [0.717, 1.165) is 27.8 Å². The summed E-state index contributed by atoms with van der Waals surface area (Å²) in [4.78, 5) is 37.6. The maximum absolute atomic E-state index is 12.6. The Bertz CT molecular complexity index is 4510. The zero-order valence-corrected chi connectivity index (χ0v) is 55.6. The molecule has 0 amide bonds. The zero-order valence-electron chi connectivity index (χ0n) is 53.2. The van der Waals surface area contributed by atoms with Gasteiger partial charge in [-0.3, -0.25) is 14.4 Å². The van der Waals surface area contributed by atoms with Gasteiger partial charge in [0.15, 0.2) is 28.8 Å². The molecule has 0 radical (unpaired) electrons. The Morgan fingerprint density at radius 2 is 0.770 bits per heavy atom. The molecule has 23 heteroatoms. The van der Waals surface area contributed by atoms with E-state index in [-0.39, 0.29) is 136 Å². The number of carbonyl (C=O) groups is 3. The Kier molecular flexibility index (Phi) is 20.9. The Balaban J connectivity index is 0.000000126. The number of halogens is 2. The maximum Gasteiger partial charge on any atom is 0.200 e. The summed E-state index contributed by atoms with van der Waals surface area (Å²) in [6, 6.07) is 47.7. The van der Waals surface area contributed by atoms with Crippen molar-refractivity contribution in [2.45, 2.75) is 55.6 Å². The zero-order chi connectivity index (χ0) is 71.4. The average Bonchev–Trinajstić information content (AvgIpc) is 0.806. The lowest BCUT2D eigenvalue weighted by molar-refractivity contribution is 0.0862. The topological polar surface area (TPSA) is 360 Å². The second-order valence-corrected chi connectivity index (χ2v) is 25.3. The first-order chi connectivity index (χ1) is 47.8. The summed E-state index contributed by atoms with van der Waals surface area (Å²) in [6.45, 7) is 4.69. The van der Waals surface area contributed by atoms with E-state index in [9.17, 15) is 80.8 Å². The number of hydrogen-bond donors (Lipinski definition) is 13. The van der Waals surface area contributed by atoms with Gasteiger partial charge < -0.3 is 90.1 Å². The summed E-state index contributed by atoms with van der Waals surface area (Å²) in [5.74, 6) is 0.307. The number of aliphatic hydroxyl groups excluding tert-OH is 2. The van der Waals surface area contributed by atoms with Crippen LogP contribution in [0.15, 0.2) is 186 Å². The van der Waals surface area contributed by atoms with E-state index in [2.05, 4.69) is 15.9 Å². The fourth-order valence-corrected chi connectivity index (χ4v) is 12.7. The quantitative estimate of drug-likeness (QED) is 0.0712. The van der Waals surface area contributed by atoms with Crippen molar-refractivity contribution in [3.63, 3.8) is 0 Å². The number of phenols is 11. The molecule has 15 rings (SSSR count). The van der Waals surface area contributed by atoms with Crippen molar-refractivity contribution in [1.29, 1.82) is 0 Å². The van der Waals surface area contributed by atoms with Gasteiger partial charge in [0.25, 0.3) is 0 Å². The molecule has 5 aliphatic rings. The van der Waals surface area contributed by atoms with Gasteiger partial charge >= 0.3 is 0 Å². The molecule has 0 bridgehead atoms. The molecule has 0 saturated carbocycles. The lowest BCUT2D eigenvalue weighted by Gasteiger charge is -2.31. The van der Waals surface area contributed by atoms with E-state index in [0.29, 0.717) is 73.0 Å². The highest BCUT2D eigenvalue weighted by Gasteiger charge is 2.37. The number of hydrogen-bond acceptors (Lipinski definition) is 21. The number of Topliss-reactive ketones (excluding diaryl/α,β-unsaturated/α-hetero) is 3. The van der Waals surface area contributed by atoms with Crippen LogP contribution < -0.4 is 23.7 Å². The summed E-state index contributed by atoms with van der Waals surface area (Å²) >= 11 is 9.05. The number of aliphatic hydroxyl groups is 2. The number of ether oxygens (including phenoxy) is 5. The van der Waals surface area contributed by atoms with Gasteiger partial charge in [-0.2, -0.15) is 0 Å². The summed E-state index contributed by atoms with van der Waals surface area (Å²) in [7, 11) is 0. The summed E-state index contributed by atoms with van der Waals surface area (Å²) < 4.78 is 28.3. The second kappa shape index (κ2) is 29.8. The number of benzene rings is 10. The van der Waals surface area contributed by atoms with Crippen molar-refractivity contribution in [2.75, 3.05) is 33.0 Å². The molecule has 0 saturated heterocycles. The number of aryl methyl sites for hydroxylation is 1. The highest BCUT2D eigenvalue weighted by Crippen LogP contribution is 2.50. The molecule has 13 N–H and O–H groups in total. The maximum atomic E-state index is 12.6. The minimum atomic E-state index is -0.852. The Labute approximate surface area is 585 Å². The normalized spacial score (nSPS) is 18.9. The van der Waals surface area contributed by atoms with Crippen molar-refractivity contribution >= 4 is 44.9 Å². The molecule has 7 atom stereocenters. The SMILES string of the molecule is Cc1c(O)ccc2c1OCC(c1ccc(O)cc1)C2O.Cc1cc(O)cc2c1C(=O)C(c1ccc(O)cc1)CO2.O=C1c2cc(Cl)c(O)cc2OCC1c1ccc(O)cc1.O=C1c2ccc(O)c(Br)c2OCC1c1ccc(O)cc1.Oc1ccc(C2COc3c(ccc(O)c3O)C2O)cc1. The van der Waals surface area contributed by atoms with Crippen molar-refractivity contribution in [1.82, 2.24) is 0 Å². The molecule has 7 unspecified atom stereocenters. The highest BCUT2D eigenvalue weighted by atomic mass is 79.9. The van der Waals surface area contributed by atoms with Crippen LogP contribution in [0.25, 0.3) is 0 Å². The fraction of sp³-hybridized carbons (Fsp3) is 0.182. The highest BCUT2D eigenvalue weighted by molar-refractivity contribution is 9.10. The summed E-state index contributed by atoms with van der Waals surface area (Å²) in [5.41, 5.74) is 7.90. The van der Waals surface area contributed by atoms with Gasteiger partial charge in [-0.1, -0.05) is 72.3 Å². The molecule has 0 aliphatic carbocycles. The fourth-order valence-electron chi connectivity index (χ4n) is 12.1. The lowest BCUT2D eigenvalue weighted by Crippen LogP contribution is -2.26. The molecule has 21 nitrogen and oxygen atoms in total. The van der Waals surface area contributed by atoms with E-state index in [4.69, 9.17) is 35.3 Å². The molecule has 5 heterocycles. The van der Waals surface area contributed by atoms with Crippen LogP contribution in [0.3, 0.4) is 0 Å². The molecule has 0 spiro atoms. The molecule has 0 fully saturated rings. The van der Waals surface area contributed by atoms with Crippen LogP contribution in [0, 0.1) is 13.8 Å². The molecule has 514 valence electrons. The van der Waals surface area contributed by atoms with Gasteiger partial charge in [0, 0.05) is 40.7 Å². The predicted octanol–water partition coefficient (Wildman–Crippen LogP) is 13.7. The lowest BCUT2D eigenvalue weighted by atomic mass is 9.86. The minimum Gasteiger partial charge on any atom is -0.508 e. The first-order valence-corrected chi connectivity index (χ1v) is 32.3. The third kappa shape index (κ3) is 14.9. The van der Waals surface area contributed by atoms with Crippen LogP contribution in [0.5, 0.6) is 92.0 Å². The van der Waals surface area contributed by atoms with Crippen LogP contribution in [0.2, 0.25) is 5.02 Å². The van der Waals surface area contributed by atoms with Gasteiger partial charge in [-0.25, -0.2) is 0 Å². The second-order valence-electron chi connectivity index (χ2n) is 24.1. The molecule has 10 aromatic rings. The van der Waals surface area contributed by atoms with Gasteiger partial charge in [-0.05, 0) is 172 Å². The standard InChI is InChI=1S/C16H14O4.C16H16O4.C15H11BrO4.C15H11ClO4.C15H14O5/c1-9-6-12(18)7-14-15(9)16(19)13(8-20-14)10-2-4-11(17)5-3-10;1-9-14(18)7-6-12-15(19)13(8-20-16(9)12)10-2-4-11(17)5-3-10;16-13-12(18)6-5-10-14(19)11(7-20-15(10)13)8-1-3-9(17)4-2-8;16-12-5-10-14(6-13(12)18)20-7-11(15(10)19)8-1-3-9(17)4-2-8;16-9-3-1-8(2-4-9)11-7-20-15-10(13(11)18)5-6-12(17)14(15)19/h2-7,13,17-18H,8H2,1H3;2-7,13,15,17-19H,8H2,1H3;2*1-6,11,17-18H,7H2;1-6,11,13,16-19H,7H2. The van der Waals surface area contributed by atoms with E-state index in [1.54, 1.807) is 147 Å². The molecule has 100 heavy (non-hydrogen) atoms. The summed E-state index contributed by atoms with van der Waals surface area (Å²) in [6.07, 6.45) is -1.54. The largest absolute Gasteiger partial charge is 0.508 e. The molecule has 0 aromatic heterocycles. The van der Waals surface area contributed by atoms with Crippen LogP contribution in [0.4, 0.5) is 0 Å². The van der Waals surface area contributed by atoms with Gasteiger partial charge in [-0.15, -0.1) is 0 Å². The average molecular weight is 1440 g/mol. The first kappa shape index (κ1) is 70.0. The van der Waals surface area contributed by atoms with Crippen molar-refractivity contribution in [3.05, 3.63) is 258 Å². The van der Waals surface area contributed by atoms with Crippen molar-refractivity contribution < 1.29 is 104 Å². The minimum absolute atomic E-state index is 0.0190. The van der Waals surface area contributed by atoms with Gasteiger partial charge in [0.05, 0.1) is 64.9 Å². The molecule has 10 aromatic carbocycles. The van der Waals surface area contributed by atoms with Crippen molar-refractivity contribution in [3.8, 4) is 92.0 Å². The molecular weight excluding hydrogens is 1380 g/mol. The van der Waals surface area contributed by atoms with Gasteiger partial charge in [0.1, 0.15) is 99.0 Å². The van der Waals surface area contributed by atoms with Crippen molar-refractivity contribution in [2.24, 2.45) is 0 Å². The Morgan fingerprint density at radius 1 is 0.370 bits per heavy atom. The third-order valence-corrected chi connectivity index (χ3v) is 18.7. The van der Waals surface area contributed by atoms with E-state index in [1.165, 1.54) is 48.5 Å². The van der Waals surface area contributed by atoms with Crippen LogP contribution in [-0.4, -0.2) is 117 Å². The van der Waals surface area contributed by atoms with Crippen LogP contribution in [0.1, 0.15) is 123 Å². The third-order valence-electron chi connectivity index (χ3n) is 17.6. The Hall–Kier alpha value is -11.3. The van der Waals surface area contributed by atoms with Crippen LogP contribution in [-0.2, 0) is 0 Å². The number of fused-ring (bicyclic) bond motifs is 5. The first-order valence-electron chi connectivity index (χ1n) is 31.2. The van der Waals surface area contributed by atoms with Gasteiger partial charge in [0.2, 0.25) is 5.75 Å². The van der Waals surface area contributed by atoms with Crippen LogP contribution >= 0.6 is 27.5 Å². The number of ketones is 3. The number of phenolic OH excluding ortho intramolecular Hbond substituents is 11. The molecular formula is C77H66BrClO21. The number of carbonyl (C=O) groups excluding carboxylic acids is 3. The smallest absolute Gasteiger partial charge is 0.200 e.